The maximum atomic E-state index is 11.9. The molecular formula is C14H22O4. The molecule has 0 aromatic carbocycles. The van der Waals surface area contributed by atoms with Crippen molar-refractivity contribution in [2.24, 2.45) is 11.8 Å². The summed E-state index contributed by atoms with van der Waals surface area (Å²) >= 11 is 0. The number of carbonyl (C=O) groups is 2. The first-order valence-corrected chi connectivity index (χ1v) is 6.49. The van der Waals surface area contributed by atoms with Gasteiger partial charge in [0.2, 0.25) is 0 Å². The van der Waals surface area contributed by atoms with E-state index in [2.05, 4.69) is 0 Å². The van der Waals surface area contributed by atoms with Crippen LogP contribution < -0.4 is 0 Å². The van der Waals surface area contributed by atoms with E-state index < -0.39 is 0 Å². The minimum atomic E-state index is -0.381. The number of hydrogen-bond donors (Lipinski definition) is 0. The summed E-state index contributed by atoms with van der Waals surface area (Å²) in [6.45, 7) is 8.24. The van der Waals surface area contributed by atoms with Gasteiger partial charge < -0.3 is 9.47 Å². The zero-order chi connectivity index (χ0) is 13.7. The van der Waals surface area contributed by atoms with Gasteiger partial charge in [0.15, 0.2) is 0 Å². The lowest BCUT2D eigenvalue weighted by atomic mass is 9.96. The molecule has 0 radical (unpaired) electrons. The molecule has 0 bridgehead atoms. The van der Waals surface area contributed by atoms with Crippen LogP contribution in [0.1, 0.15) is 40.5 Å². The highest BCUT2D eigenvalue weighted by molar-refractivity contribution is 5.83. The fourth-order valence-electron chi connectivity index (χ4n) is 2.30. The van der Waals surface area contributed by atoms with Crippen LogP contribution in [0.4, 0.5) is 0 Å². The van der Waals surface area contributed by atoms with E-state index in [1.165, 1.54) is 11.1 Å². The number of carbonyl (C=O) groups excluding carboxylic acids is 2. The molecule has 0 heterocycles. The molecule has 102 valence electrons. The summed E-state index contributed by atoms with van der Waals surface area (Å²) < 4.78 is 10.1. The fraction of sp³-hybridized carbons (Fsp3) is 0.714. The molecule has 4 nitrogen and oxygen atoms in total. The Morgan fingerprint density at radius 1 is 1.00 bits per heavy atom. The number of allylic oxidation sites excluding steroid dienone is 2. The van der Waals surface area contributed by atoms with Crippen molar-refractivity contribution in [2.45, 2.75) is 40.5 Å². The molecule has 0 aromatic rings. The summed E-state index contributed by atoms with van der Waals surface area (Å²) in [6.07, 6.45) is 1.23. The summed E-state index contributed by atoms with van der Waals surface area (Å²) in [6, 6.07) is 0. The number of ether oxygens (including phenoxy) is 2. The molecule has 18 heavy (non-hydrogen) atoms. The van der Waals surface area contributed by atoms with Gasteiger partial charge in [-0.25, -0.2) is 0 Å². The fourth-order valence-corrected chi connectivity index (χ4v) is 2.30. The van der Waals surface area contributed by atoms with Gasteiger partial charge in [-0.05, 0) is 40.5 Å². The monoisotopic (exact) mass is 254 g/mol. The zero-order valence-corrected chi connectivity index (χ0v) is 11.6. The maximum Gasteiger partial charge on any atom is 0.310 e. The molecule has 1 fully saturated rings. The Kier molecular flexibility index (Phi) is 5.38. The third-order valence-electron chi connectivity index (χ3n) is 3.30. The predicted molar refractivity (Wildman–Crippen MR) is 67.9 cm³/mol. The number of hydrogen-bond acceptors (Lipinski definition) is 4. The van der Waals surface area contributed by atoms with Crippen molar-refractivity contribution in [3.63, 3.8) is 0 Å². The van der Waals surface area contributed by atoms with Crippen LogP contribution in [0.5, 0.6) is 0 Å². The van der Waals surface area contributed by atoms with Gasteiger partial charge in [-0.3, -0.25) is 9.59 Å². The summed E-state index contributed by atoms with van der Waals surface area (Å²) in [4.78, 5) is 23.8. The largest absolute Gasteiger partial charge is 0.466 e. The van der Waals surface area contributed by atoms with E-state index in [1.807, 2.05) is 13.8 Å². The molecule has 0 aromatic heterocycles. The molecule has 1 rings (SSSR count). The summed E-state index contributed by atoms with van der Waals surface area (Å²) in [7, 11) is 0. The second kappa shape index (κ2) is 6.57. The van der Waals surface area contributed by atoms with Crippen molar-refractivity contribution in [1.29, 1.82) is 0 Å². The van der Waals surface area contributed by atoms with Crippen LogP contribution in [0.3, 0.4) is 0 Å². The Hall–Kier alpha value is -1.32. The highest BCUT2D eigenvalue weighted by Crippen LogP contribution is 2.39. The Labute approximate surface area is 108 Å². The molecule has 1 aliphatic carbocycles. The van der Waals surface area contributed by atoms with Crippen LogP contribution in [0, 0.1) is 11.8 Å². The maximum absolute atomic E-state index is 11.9. The van der Waals surface area contributed by atoms with E-state index >= 15 is 0 Å². The standard InChI is InChI=1S/C14H22O4/c1-5-17-13(15)11-7-10(9(3)4)8-12(11)14(16)18-6-2/h11-12H,5-8H2,1-4H3/t11-,12-/m0/s1. The molecular weight excluding hydrogens is 232 g/mol. The number of esters is 2. The first kappa shape index (κ1) is 14.7. The van der Waals surface area contributed by atoms with Crippen LogP contribution in [-0.4, -0.2) is 25.2 Å². The minimum Gasteiger partial charge on any atom is -0.466 e. The van der Waals surface area contributed by atoms with Crippen LogP contribution in [0.25, 0.3) is 0 Å². The van der Waals surface area contributed by atoms with Gasteiger partial charge in [0.1, 0.15) is 0 Å². The molecule has 0 unspecified atom stereocenters. The molecule has 0 saturated heterocycles. The normalized spacial score (nSPS) is 22.8. The summed E-state index contributed by atoms with van der Waals surface area (Å²) in [5.74, 6) is -1.33. The SMILES string of the molecule is CCOC(=O)[C@H]1CC(=C(C)C)C[C@@H]1C(=O)OCC. The van der Waals surface area contributed by atoms with Crippen LogP contribution >= 0.6 is 0 Å². The highest BCUT2D eigenvalue weighted by Gasteiger charge is 2.42. The molecule has 2 atom stereocenters. The van der Waals surface area contributed by atoms with Crippen molar-refractivity contribution in [2.75, 3.05) is 13.2 Å². The average Bonchev–Trinajstić information content (AvgIpc) is 2.74. The second-order valence-electron chi connectivity index (χ2n) is 4.73. The van der Waals surface area contributed by atoms with E-state index in [-0.39, 0.29) is 23.8 Å². The second-order valence-corrected chi connectivity index (χ2v) is 4.73. The topological polar surface area (TPSA) is 52.6 Å². The van der Waals surface area contributed by atoms with Crippen molar-refractivity contribution in [3.05, 3.63) is 11.1 Å². The first-order chi connectivity index (χ1) is 8.51. The highest BCUT2D eigenvalue weighted by atomic mass is 16.5. The van der Waals surface area contributed by atoms with Gasteiger partial charge in [-0.15, -0.1) is 0 Å². The van der Waals surface area contributed by atoms with Crippen LogP contribution in [-0.2, 0) is 19.1 Å². The third kappa shape index (κ3) is 3.34. The Morgan fingerprint density at radius 3 is 1.67 bits per heavy atom. The van der Waals surface area contributed by atoms with Crippen molar-refractivity contribution in [1.82, 2.24) is 0 Å². The predicted octanol–water partition coefficient (Wildman–Crippen LogP) is 2.48. The van der Waals surface area contributed by atoms with E-state index in [9.17, 15) is 9.59 Å². The Bertz CT molecular complexity index is 325. The lowest BCUT2D eigenvalue weighted by molar-refractivity contribution is -0.158. The Balaban J connectivity index is 2.86. The lowest BCUT2D eigenvalue weighted by Gasteiger charge is -2.15. The first-order valence-electron chi connectivity index (χ1n) is 6.49. The van der Waals surface area contributed by atoms with E-state index in [4.69, 9.17) is 9.47 Å². The Morgan fingerprint density at radius 2 is 1.39 bits per heavy atom. The molecule has 0 aliphatic heterocycles. The van der Waals surface area contributed by atoms with Crippen molar-refractivity contribution >= 4 is 11.9 Å². The van der Waals surface area contributed by atoms with Crippen LogP contribution in [0.2, 0.25) is 0 Å². The van der Waals surface area contributed by atoms with Crippen LogP contribution in [0.15, 0.2) is 11.1 Å². The van der Waals surface area contributed by atoms with E-state index in [0.29, 0.717) is 26.1 Å². The van der Waals surface area contributed by atoms with E-state index in [0.717, 1.165) is 0 Å². The van der Waals surface area contributed by atoms with Gasteiger partial charge in [-0.1, -0.05) is 11.1 Å². The van der Waals surface area contributed by atoms with Gasteiger partial charge in [0.25, 0.3) is 0 Å². The van der Waals surface area contributed by atoms with Gasteiger partial charge in [0.05, 0.1) is 25.0 Å². The molecule has 0 spiro atoms. The third-order valence-corrected chi connectivity index (χ3v) is 3.30. The summed E-state index contributed by atoms with van der Waals surface area (Å²) in [5, 5.41) is 0. The lowest BCUT2D eigenvalue weighted by Crippen LogP contribution is -2.28. The molecule has 1 saturated carbocycles. The van der Waals surface area contributed by atoms with Crippen molar-refractivity contribution < 1.29 is 19.1 Å². The average molecular weight is 254 g/mol. The van der Waals surface area contributed by atoms with Gasteiger partial charge in [0, 0.05) is 0 Å². The van der Waals surface area contributed by atoms with Gasteiger partial charge >= 0.3 is 11.9 Å². The summed E-state index contributed by atoms with van der Waals surface area (Å²) in [5.41, 5.74) is 2.35. The smallest absolute Gasteiger partial charge is 0.310 e. The zero-order valence-electron chi connectivity index (χ0n) is 11.6. The molecule has 1 aliphatic rings. The van der Waals surface area contributed by atoms with Crippen molar-refractivity contribution in [3.8, 4) is 0 Å². The minimum absolute atomic E-state index is 0.285. The molecule has 0 N–H and O–H groups in total. The van der Waals surface area contributed by atoms with E-state index in [1.54, 1.807) is 13.8 Å². The molecule has 4 heteroatoms. The number of rotatable bonds is 4. The quantitative estimate of drug-likeness (QED) is 0.571. The molecule has 0 amide bonds. The van der Waals surface area contributed by atoms with Gasteiger partial charge in [-0.2, -0.15) is 0 Å².